The van der Waals surface area contributed by atoms with Gasteiger partial charge in [-0.1, -0.05) is 52.3 Å². The molecule has 0 aliphatic carbocycles. The Morgan fingerprint density at radius 3 is 2.48 bits per heavy atom. The summed E-state index contributed by atoms with van der Waals surface area (Å²) in [7, 11) is 0. The van der Waals surface area contributed by atoms with E-state index >= 15 is 0 Å². The van der Waals surface area contributed by atoms with E-state index in [2.05, 4.69) is 21.2 Å². The van der Waals surface area contributed by atoms with Crippen molar-refractivity contribution in [1.29, 1.82) is 0 Å². The lowest BCUT2D eigenvalue weighted by molar-refractivity contribution is -0.123. The average molecular weight is 428 g/mol. The molecule has 0 saturated carbocycles. The first-order valence-corrected chi connectivity index (χ1v) is 9.60. The van der Waals surface area contributed by atoms with E-state index in [1.54, 1.807) is 0 Å². The summed E-state index contributed by atoms with van der Waals surface area (Å²) in [6, 6.07) is 18.0. The van der Waals surface area contributed by atoms with Gasteiger partial charge in [-0.05, 0) is 48.6 Å². The molecule has 0 aliphatic rings. The summed E-state index contributed by atoms with van der Waals surface area (Å²) < 4.78 is 12.5. The number of carbonyl (C=O) groups excluding carboxylic acids is 1. The predicted octanol–water partition coefficient (Wildman–Crippen LogP) is 4.79. The van der Waals surface area contributed by atoms with Crippen LogP contribution in [-0.2, 0) is 4.79 Å². The first-order chi connectivity index (χ1) is 13.0. The fourth-order valence-electron chi connectivity index (χ4n) is 2.99. The van der Waals surface area contributed by atoms with Crippen LogP contribution in [-0.4, -0.2) is 25.7 Å². The number of ether oxygens (including phenoxy) is 2. The molecule has 0 unspecified atom stereocenters. The van der Waals surface area contributed by atoms with E-state index < -0.39 is 0 Å². The summed E-state index contributed by atoms with van der Waals surface area (Å²) in [4.78, 5) is 12.0. The third kappa shape index (κ3) is 5.01. The molecule has 0 aliphatic heterocycles. The van der Waals surface area contributed by atoms with E-state index in [0.717, 1.165) is 37.9 Å². The van der Waals surface area contributed by atoms with Gasteiger partial charge in [0.05, 0.1) is 6.54 Å². The Bertz CT molecular complexity index is 927. The third-order valence-corrected chi connectivity index (χ3v) is 4.66. The van der Waals surface area contributed by atoms with Crippen LogP contribution < -0.4 is 14.8 Å². The SMILES string of the molecule is Cc1cc(Br)cc(C)c1OCC(=O)NCCOc1cccc2ccccc12. The van der Waals surface area contributed by atoms with Gasteiger partial charge < -0.3 is 14.8 Å². The van der Waals surface area contributed by atoms with Gasteiger partial charge in [0.25, 0.3) is 5.91 Å². The van der Waals surface area contributed by atoms with Gasteiger partial charge in [0.1, 0.15) is 18.1 Å². The maximum atomic E-state index is 12.0. The standard InChI is InChI=1S/C22H22BrNO3/c1-15-12-18(23)13-16(2)22(15)27-14-21(25)24-10-11-26-20-9-5-7-17-6-3-4-8-19(17)20/h3-9,12-13H,10-11,14H2,1-2H3,(H,24,25). The molecule has 0 bridgehead atoms. The molecule has 0 atom stereocenters. The molecule has 27 heavy (non-hydrogen) atoms. The number of aryl methyl sites for hydroxylation is 2. The summed E-state index contributed by atoms with van der Waals surface area (Å²) >= 11 is 3.45. The number of amides is 1. The van der Waals surface area contributed by atoms with Gasteiger partial charge in [-0.25, -0.2) is 0 Å². The van der Waals surface area contributed by atoms with Crippen molar-refractivity contribution in [2.75, 3.05) is 19.8 Å². The monoisotopic (exact) mass is 427 g/mol. The number of fused-ring (bicyclic) bond motifs is 1. The molecule has 0 spiro atoms. The van der Waals surface area contributed by atoms with Crippen LogP contribution in [0.4, 0.5) is 0 Å². The number of hydrogen-bond donors (Lipinski definition) is 1. The number of hydrogen-bond acceptors (Lipinski definition) is 3. The van der Waals surface area contributed by atoms with Gasteiger partial charge in [0, 0.05) is 9.86 Å². The molecule has 1 N–H and O–H groups in total. The highest BCUT2D eigenvalue weighted by Crippen LogP contribution is 2.27. The van der Waals surface area contributed by atoms with Gasteiger partial charge in [0.2, 0.25) is 0 Å². The minimum absolute atomic E-state index is 0.0163. The maximum Gasteiger partial charge on any atom is 0.258 e. The number of benzene rings is 3. The zero-order valence-electron chi connectivity index (χ0n) is 15.4. The van der Waals surface area contributed by atoms with Crippen LogP contribution in [0.3, 0.4) is 0 Å². The lowest BCUT2D eigenvalue weighted by Crippen LogP contribution is -2.32. The number of rotatable bonds is 7. The molecule has 5 heteroatoms. The molecule has 140 valence electrons. The van der Waals surface area contributed by atoms with E-state index in [9.17, 15) is 4.79 Å². The molecule has 0 saturated heterocycles. The van der Waals surface area contributed by atoms with Crippen molar-refractivity contribution in [3.63, 3.8) is 0 Å². The fourth-order valence-corrected chi connectivity index (χ4v) is 3.67. The fraction of sp³-hybridized carbons (Fsp3) is 0.227. The largest absolute Gasteiger partial charge is 0.491 e. The molecule has 0 heterocycles. The van der Waals surface area contributed by atoms with Gasteiger partial charge in [-0.2, -0.15) is 0 Å². The molecule has 3 rings (SSSR count). The van der Waals surface area contributed by atoms with Crippen LogP contribution in [0.5, 0.6) is 11.5 Å². The molecule has 0 radical (unpaired) electrons. The zero-order valence-corrected chi connectivity index (χ0v) is 17.0. The Labute approximate surface area is 167 Å². The summed E-state index contributed by atoms with van der Waals surface area (Å²) in [5, 5.41) is 5.02. The van der Waals surface area contributed by atoms with Crippen molar-refractivity contribution in [1.82, 2.24) is 5.32 Å². The van der Waals surface area contributed by atoms with E-state index in [1.165, 1.54) is 0 Å². The minimum Gasteiger partial charge on any atom is -0.491 e. The van der Waals surface area contributed by atoms with Crippen molar-refractivity contribution in [3.05, 3.63) is 70.2 Å². The van der Waals surface area contributed by atoms with Gasteiger partial charge in [0.15, 0.2) is 6.61 Å². The number of nitrogens with one attached hydrogen (secondary N) is 1. The highest BCUT2D eigenvalue weighted by Gasteiger charge is 2.09. The zero-order chi connectivity index (χ0) is 19.2. The number of carbonyl (C=O) groups is 1. The van der Waals surface area contributed by atoms with Crippen LogP contribution in [0.1, 0.15) is 11.1 Å². The first kappa shape index (κ1) is 19.2. The molecule has 4 nitrogen and oxygen atoms in total. The Kier molecular flexibility index (Phi) is 6.35. The average Bonchev–Trinajstić information content (AvgIpc) is 2.64. The summed E-state index contributed by atoms with van der Waals surface area (Å²) in [6.45, 7) is 4.73. The van der Waals surface area contributed by atoms with Gasteiger partial charge in [-0.3, -0.25) is 4.79 Å². The van der Waals surface area contributed by atoms with E-state index in [4.69, 9.17) is 9.47 Å². The molecule has 1 amide bonds. The smallest absolute Gasteiger partial charge is 0.258 e. The second kappa shape index (κ2) is 8.91. The van der Waals surface area contributed by atoms with Crippen LogP contribution in [0.25, 0.3) is 10.8 Å². The summed E-state index contributed by atoms with van der Waals surface area (Å²) in [5.74, 6) is 1.40. The first-order valence-electron chi connectivity index (χ1n) is 8.81. The quantitative estimate of drug-likeness (QED) is 0.551. The van der Waals surface area contributed by atoms with Crippen molar-refractivity contribution < 1.29 is 14.3 Å². The normalized spacial score (nSPS) is 10.6. The molecular formula is C22H22BrNO3. The van der Waals surface area contributed by atoms with Gasteiger partial charge >= 0.3 is 0 Å². The molecular weight excluding hydrogens is 406 g/mol. The second-order valence-electron chi connectivity index (χ2n) is 6.33. The van der Waals surface area contributed by atoms with Crippen molar-refractivity contribution >= 4 is 32.6 Å². The Morgan fingerprint density at radius 2 is 1.70 bits per heavy atom. The van der Waals surface area contributed by atoms with Crippen molar-refractivity contribution in [2.45, 2.75) is 13.8 Å². The van der Waals surface area contributed by atoms with Crippen LogP contribution in [0.15, 0.2) is 59.1 Å². The number of halogens is 1. The lowest BCUT2D eigenvalue weighted by Gasteiger charge is -2.13. The molecule has 3 aromatic carbocycles. The highest BCUT2D eigenvalue weighted by molar-refractivity contribution is 9.10. The van der Waals surface area contributed by atoms with Crippen molar-refractivity contribution in [2.24, 2.45) is 0 Å². The van der Waals surface area contributed by atoms with Crippen LogP contribution >= 0.6 is 15.9 Å². The van der Waals surface area contributed by atoms with E-state index in [1.807, 2.05) is 68.4 Å². The molecule has 0 fully saturated rings. The molecule has 3 aromatic rings. The van der Waals surface area contributed by atoms with Crippen molar-refractivity contribution in [3.8, 4) is 11.5 Å². The molecule has 0 aromatic heterocycles. The van der Waals surface area contributed by atoms with Crippen LogP contribution in [0, 0.1) is 13.8 Å². The Hall–Kier alpha value is -2.53. The van der Waals surface area contributed by atoms with Crippen LogP contribution in [0.2, 0.25) is 0 Å². The minimum atomic E-state index is -0.168. The topological polar surface area (TPSA) is 47.6 Å². The Balaban J connectivity index is 1.46. The summed E-state index contributed by atoms with van der Waals surface area (Å²) in [5.41, 5.74) is 1.99. The lowest BCUT2D eigenvalue weighted by atomic mass is 10.1. The van der Waals surface area contributed by atoms with E-state index in [0.29, 0.717) is 13.2 Å². The predicted molar refractivity (Wildman–Crippen MR) is 112 cm³/mol. The maximum absolute atomic E-state index is 12.0. The Morgan fingerprint density at radius 1 is 1.00 bits per heavy atom. The second-order valence-corrected chi connectivity index (χ2v) is 7.25. The summed E-state index contributed by atoms with van der Waals surface area (Å²) in [6.07, 6.45) is 0. The highest BCUT2D eigenvalue weighted by atomic mass is 79.9. The third-order valence-electron chi connectivity index (χ3n) is 4.20. The van der Waals surface area contributed by atoms with E-state index in [-0.39, 0.29) is 12.5 Å². The van der Waals surface area contributed by atoms with Gasteiger partial charge in [-0.15, -0.1) is 0 Å².